The number of nitrogens with zero attached hydrogens (tertiary/aromatic N) is 4. The van der Waals surface area contributed by atoms with Crippen LogP contribution in [0.4, 0.5) is 5.82 Å². The van der Waals surface area contributed by atoms with E-state index >= 15 is 0 Å². The SMILES string of the molecule is CC(C)NC(=O)CN1CCN(c2ccc(S(=O)(=O)N3CCCCC3)cn2)CC1. The summed E-state index contributed by atoms with van der Waals surface area (Å²) in [7, 11) is -3.44. The Kier molecular flexibility index (Phi) is 6.90. The topological polar surface area (TPSA) is 85.8 Å². The zero-order chi connectivity index (χ0) is 20.1. The maximum absolute atomic E-state index is 12.7. The highest BCUT2D eigenvalue weighted by molar-refractivity contribution is 7.89. The van der Waals surface area contributed by atoms with Crippen molar-refractivity contribution in [3.63, 3.8) is 0 Å². The first-order chi connectivity index (χ1) is 13.4. The van der Waals surface area contributed by atoms with E-state index in [-0.39, 0.29) is 16.8 Å². The number of carbonyl (C=O) groups excluding carboxylic acids is 1. The van der Waals surface area contributed by atoms with Crippen LogP contribution >= 0.6 is 0 Å². The van der Waals surface area contributed by atoms with Crippen LogP contribution in [0, 0.1) is 0 Å². The van der Waals surface area contributed by atoms with Gasteiger partial charge in [-0.1, -0.05) is 6.42 Å². The number of aromatic nitrogens is 1. The van der Waals surface area contributed by atoms with E-state index in [2.05, 4.69) is 20.1 Å². The third kappa shape index (κ3) is 5.21. The second-order valence-corrected chi connectivity index (χ2v) is 9.74. The molecule has 0 spiro atoms. The minimum Gasteiger partial charge on any atom is -0.354 e. The molecule has 2 aliphatic heterocycles. The molecular formula is C19H31N5O3S. The van der Waals surface area contributed by atoms with Crippen molar-refractivity contribution >= 4 is 21.7 Å². The Morgan fingerprint density at radius 3 is 2.32 bits per heavy atom. The van der Waals surface area contributed by atoms with Gasteiger partial charge in [0.1, 0.15) is 10.7 Å². The average molecular weight is 410 g/mol. The van der Waals surface area contributed by atoms with Gasteiger partial charge in [-0.05, 0) is 38.8 Å². The number of nitrogens with one attached hydrogen (secondary N) is 1. The van der Waals surface area contributed by atoms with Crippen molar-refractivity contribution in [2.24, 2.45) is 0 Å². The highest BCUT2D eigenvalue weighted by Crippen LogP contribution is 2.22. The van der Waals surface area contributed by atoms with Gasteiger partial charge in [0.2, 0.25) is 15.9 Å². The van der Waals surface area contributed by atoms with Crippen LogP contribution in [0.3, 0.4) is 0 Å². The third-order valence-corrected chi connectivity index (χ3v) is 7.07. The normalized spacial score (nSPS) is 19.8. The van der Waals surface area contributed by atoms with Gasteiger partial charge in [-0.2, -0.15) is 4.31 Å². The first kappa shape index (κ1) is 21.0. The summed E-state index contributed by atoms with van der Waals surface area (Å²) in [6.45, 7) is 8.59. The lowest BCUT2D eigenvalue weighted by atomic mass is 10.2. The van der Waals surface area contributed by atoms with E-state index in [9.17, 15) is 13.2 Å². The molecule has 0 atom stereocenters. The molecule has 28 heavy (non-hydrogen) atoms. The number of piperidine rings is 1. The molecule has 1 aromatic rings. The van der Waals surface area contributed by atoms with Gasteiger partial charge in [-0.15, -0.1) is 0 Å². The predicted molar refractivity (Wildman–Crippen MR) is 109 cm³/mol. The molecule has 156 valence electrons. The molecule has 1 amide bonds. The lowest BCUT2D eigenvalue weighted by molar-refractivity contribution is -0.122. The Hall–Kier alpha value is -1.71. The van der Waals surface area contributed by atoms with Gasteiger partial charge in [0.15, 0.2) is 0 Å². The maximum Gasteiger partial charge on any atom is 0.244 e. The quantitative estimate of drug-likeness (QED) is 0.751. The number of rotatable bonds is 6. The van der Waals surface area contributed by atoms with Crippen molar-refractivity contribution in [3.05, 3.63) is 18.3 Å². The number of amides is 1. The number of sulfonamides is 1. The summed E-state index contributed by atoms with van der Waals surface area (Å²) in [5.74, 6) is 0.831. The summed E-state index contributed by atoms with van der Waals surface area (Å²) in [5, 5.41) is 2.91. The van der Waals surface area contributed by atoms with Crippen LogP contribution in [0.25, 0.3) is 0 Å². The van der Waals surface area contributed by atoms with Gasteiger partial charge < -0.3 is 10.2 Å². The lowest BCUT2D eigenvalue weighted by Gasteiger charge is -2.35. The summed E-state index contributed by atoms with van der Waals surface area (Å²) in [6.07, 6.45) is 4.41. The number of anilines is 1. The first-order valence-corrected chi connectivity index (χ1v) is 11.5. The minimum absolute atomic E-state index is 0.0499. The van der Waals surface area contributed by atoms with E-state index in [0.717, 1.165) is 51.3 Å². The van der Waals surface area contributed by atoms with Crippen molar-refractivity contribution < 1.29 is 13.2 Å². The van der Waals surface area contributed by atoms with E-state index in [4.69, 9.17) is 0 Å². The molecule has 2 fully saturated rings. The fourth-order valence-electron chi connectivity index (χ4n) is 3.67. The third-order valence-electron chi connectivity index (χ3n) is 5.19. The lowest BCUT2D eigenvalue weighted by Crippen LogP contribution is -2.50. The summed E-state index contributed by atoms with van der Waals surface area (Å²) in [4.78, 5) is 20.8. The summed E-state index contributed by atoms with van der Waals surface area (Å²) in [6, 6.07) is 3.60. The van der Waals surface area contributed by atoms with Crippen LogP contribution in [0.2, 0.25) is 0 Å². The van der Waals surface area contributed by atoms with Gasteiger partial charge in [0.25, 0.3) is 0 Å². The van der Waals surface area contributed by atoms with Crippen molar-refractivity contribution in [2.75, 3.05) is 50.7 Å². The summed E-state index contributed by atoms with van der Waals surface area (Å²) < 4.78 is 27.0. The van der Waals surface area contributed by atoms with Crippen molar-refractivity contribution in [2.45, 2.75) is 44.0 Å². The molecule has 2 aliphatic rings. The molecule has 3 rings (SSSR count). The predicted octanol–water partition coefficient (Wildman–Crippen LogP) is 0.903. The van der Waals surface area contributed by atoms with E-state index in [1.807, 2.05) is 13.8 Å². The van der Waals surface area contributed by atoms with Crippen LogP contribution in [0.5, 0.6) is 0 Å². The zero-order valence-electron chi connectivity index (χ0n) is 16.8. The molecule has 0 aliphatic carbocycles. The van der Waals surface area contributed by atoms with Crippen molar-refractivity contribution in [1.29, 1.82) is 0 Å². The molecule has 1 N–H and O–H groups in total. The van der Waals surface area contributed by atoms with Gasteiger partial charge >= 0.3 is 0 Å². The van der Waals surface area contributed by atoms with E-state index in [1.54, 1.807) is 16.4 Å². The largest absolute Gasteiger partial charge is 0.354 e. The molecule has 0 saturated carbocycles. The Balaban J connectivity index is 1.55. The van der Waals surface area contributed by atoms with Crippen molar-refractivity contribution in [3.8, 4) is 0 Å². The van der Waals surface area contributed by atoms with Crippen LogP contribution < -0.4 is 10.2 Å². The minimum atomic E-state index is -3.44. The fraction of sp³-hybridized carbons (Fsp3) is 0.684. The molecule has 8 nitrogen and oxygen atoms in total. The number of pyridine rings is 1. The van der Waals surface area contributed by atoms with Gasteiger partial charge in [0, 0.05) is 51.5 Å². The maximum atomic E-state index is 12.7. The first-order valence-electron chi connectivity index (χ1n) is 10.1. The van der Waals surface area contributed by atoms with Gasteiger partial charge in [-0.3, -0.25) is 9.69 Å². The van der Waals surface area contributed by atoms with Gasteiger partial charge in [-0.25, -0.2) is 13.4 Å². The molecule has 0 radical (unpaired) electrons. The monoisotopic (exact) mass is 409 g/mol. The Morgan fingerprint density at radius 2 is 1.75 bits per heavy atom. The second kappa shape index (κ2) is 9.19. The molecule has 9 heteroatoms. The number of piperazine rings is 1. The van der Waals surface area contributed by atoms with E-state index < -0.39 is 10.0 Å². The molecular weight excluding hydrogens is 378 g/mol. The number of hydrogen-bond acceptors (Lipinski definition) is 6. The fourth-order valence-corrected chi connectivity index (χ4v) is 5.14. The van der Waals surface area contributed by atoms with Crippen molar-refractivity contribution in [1.82, 2.24) is 19.5 Å². The van der Waals surface area contributed by atoms with E-state index in [1.165, 1.54) is 6.20 Å². The molecule has 1 aromatic heterocycles. The Morgan fingerprint density at radius 1 is 1.07 bits per heavy atom. The second-order valence-electron chi connectivity index (χ2n) is 7.80. The standard InChI is InChI=1S/C19H31N5O3S/c1-16(2)21-19(25)15-22-10-12-23(13-11-22)18-7-6-17(14-20-18)28(26,27)24-8-4-3-5-9-24/h6-7,14,16H,3-5,8-13,15H2,1-2H3,(H,21,25). The van der Waals surface area contributed by atoms with Gasteiger partial charge in [0.05, 0.1) is 6.54 Å². The molecule has 2 saturated heterocycles. The smallest absolute Gasteiger partial charge is 0.244 e. The summed E-state index contributed by atoms with van der Waals surface area (Å²) >= 11 is 0. The Labute approximate surface area is 168 Å². The number of carbonyl (C=O) groups is 1. The molecule has 0 bridgehead atoms. The van der Waals surface area contributed by atoms with E-state index in [0.29, 0.717) is 19.6 Å². The number of hydrogen-bond donors (Lipinski definition) is 1. The van der Waals surface area contributed by atoms with Crippen LogP contribution in [0.1, 0.15) is 33.1 Å². The highest BCUT2D eigenvalue weighted by Gasteiger charge is 2.27. The van der Waals surface area contributed by atoms with Crippen LogP contribution in [-0.2, 0) is 14.8 Å². The van der Waals surface area contributed by atoms with Crippen LogP contribution in [-0.4, -0.2) is 80.4 Å². The zero-order valence-corrected chi connectivity index (χ0v) is 17.6. The highest BCUT2D eigenvalue weighted by atomic mass is 32.2. The molecule has 3 heterocycles. The Bertz CT molecular complexity index is 752. The molecule has 0 aromatic carbocycles. The summed E-state index contributed by atoms with van der Waals surface area (Å²) in [5.41, 5.74) is 0. The molecule has 0 unspecified atom stereocenters. The van der Waals surface area contributed by atoms with Crippen LogP contribution in [0.15, 0.2) is 23.2 Å². The average Bonchev–Trinajstić information content (AvgIpc) is 2.69.